The number of aromatic nitrogens is 2. The number of rotatable bonds is 4. The number of likely N-dealkylation sites (tertiary alicyclic amines) is 1. The highest BCUT2D eigenvalue weighted by molar-refractivity contribution is 5.93. The number of benzene rings is 1. The van der Waals surface area contributed by atoms with E-state index >= 15 is 0 Å². The lowest BCUT2D eigenvalue weighted by molar-refractivity contribution is -0.142. The highest BCUT2D eigenvalue weighted by atomic mass is 16.5. The van der Waals surface area contributed by atoms with Gasteiger partial charge in [-0.05, 0) is 43.2 Å². The Morgan fingerprint density at radius 2 is 1.92 bits per heavy atom. The number of carbonyl (C=O) groups excluding carboxylic acids is 1. The molecule has 2 atom stereocenters. The Balaban J connectivity index is 1.82. The Bertz CT molecular complexity index is 797. The van der Waals surface area contributed by atoms with Crippen LogP contribution in [-0.4, -0.2) is 51.9 Å². The molecule has 7 nitrogen and oxygen atoms in total. The smallest absolute Gasteiger partial charge is 0.308 e. The minimum absolute atomic E-state index is 0.0637. The lowest BCUT2D eigenvalue weighted by Crippen LogP contribution is -2.30. The summed E-state index contributed by atoms with van der Waals surface area (Å²) in [5.74, 6) is -0.927. The number of carboxylic acid groups (broad SMARTS) is 1. The van der Waals surface area contributed by atoms with E-state index in [1.54, 1.807) is 22.8 Å². The van der Waals surface area contributed by atoms with Gasteiger partial charge in [-0.3, -0.25) is 9.59 Å². The van der Waals surface area contributed by atoms with Crippen molar-refractivity contribution in [2.24, 2.45) is 11.8 Å². The Kier molecular flexibility index (Phi) is 4.48. The van der Waals surface area contributed by atoms with Crippen molar-refractivity contribution < 1.29 is 19.4 Å². The van der Waals surface area contributed by atoms with Crippen molar-refractivity contribution in [3.05, 3.63) is 41.7 Å². The topological polar surface area (TPSA) is 84.7 Å². The maximum Gasteiger partial charge on any atom is 0.308 e. The molecule has 3 rings (SSSR count). The van der Waals surface area contributed by atoms with Gasteiger partial charge in [-0.25, -0.2) is 4.68 Å². The molecule has 1 aliphatic heterocycles. The minimum Gasteiger partial charge on any atom is -0.497 e. The molecular weight excluding hydrogens is 322 g/mol. The average Bonchev–Trinajstić information content (AvgIpc) is 3.17. The van der Waals surface area contributed by atoms with Crippen LogP contribution in [0.4, 0.5) is 0 Å². The molecule has 1 aromatic heterocycles. The second-order valence-corrected chi connectivity index (χ2v) is 6.41. The minimum atomic E-state index is -0.859. The Hall–Kier alpha value is -2.83. The van der Waals surface area contributed by atoms with Crippen molar-refractivity contribution in [2.75, 3.05) is 20.2 Å². The summed E-state index contributed by atoms with van der Waals surface area (Å²) >= 11 is 0. The van der Waals surface area contributed by atoms with E-state index in [1.807, 2.05) is 38.1 Å². The zero-order valence-electron chi connectivity index (χ0n) is 14.5. The van der Waals surface area contributed by atoms with E-state index in [0.717, 1.165) is 17.1 Å². The fourth-order valence-corrected chi connectivity index (χ4v) is 3.18. The van der Waals surface area contributed by atoms with Crippen molar-refractivity contribution in [3.63, 3.8) is 0 Å². The molecule has 25 heavy (non-hydrogen) atoms. The van der Waals surface area contributed by atoms with Crippen LogP contribution in [0.2, 0.25) is 0 Å². The molecular formula is C18H21N3O4. The summed E-state index contributed by atoms with van der Waals surface area (Å²) in [6, 6.07) is 9.12. The lowest BCUT2D eigenvalue weighted by Gasteiger charge is -2.14. The number of nitrogens with zero attached hydrogens (tertiary/aromatic N) is 3. The second kappa shape index (κ2) is 6.58. The summed E-state index contributed by atoms with van der Waals surface area (Å²) in [5.41, 5.74) is 1.98. The van der Waals surface area contributed by atoms with Crippen LogP contribution in [0, 0.1) is 18.8 Å². The van der Waals surface area contributed by atoms with E-state index in [1.165, 1.54) is 0 Å². The van der Waals surface area contributed by atoms with Gasteiger partial charge in [0.2, 0.25) is 0 Å². The molecule has 0 saturated carbocycles. The van der Waals surface area contributed by atoms with Crippen molar-refractivity contribution in [1.82, 2.24) is 14.7 Å². The molecule has 132 valence electrons. The number of methoxy groups -OCH3 is 1. The van der Waals surface area contributed by atoms with E-state index in [9.17, 15) is 14.7 Å². The van der Waals surface area contributed by atoms with Crippen LogP contribution in [0.5, 0.6) is 5.75 Å². The van der Waals surface area contributed by atoms with Gasteiger partial charge in [-0.1, -0.05) is 6.92 Å². The quantitative estimate of drug-likeness (QED) is 0.917. The first-order chi connectivity index (χ1) is 11.9. The molecule has 1 fully saturated rings. The first-order valence-electron chi connectivity index (χ1n) is 8.14. The second-order valence-electron chi connectivity index (χ2n) is 6.41. The molecule has 1 N–H and O–H groups in total. The number of aliphatic carboxylic acids is 1. The fraction of sp³-hybridized carbons (Fsp3) is 0.389. The fourth-order valence-electron chi connectivity index (χ4n) is 3.18. The summed E-state index contributed by atoms with van der Waals surface area (Å²) in [7, 11) is 1.60. The molecule has 2 aromatic rings. The number of aryl methyl sites for hydroxylation is 1. The van der Waals surface area contributed by atoms with E-state index in [0.29, 0.717) is 12.2 Å². The third-order valence-corrected chi connectivity index (χ3v) is 4.64. The average molecular weight is 343 g/mol. The number of hydrogen-bond donors (Lipinski definition) is 1. The summed E-state index contributed by atoms with van der Waals surface area (Å²) in [4.78, 5) is 25.5. The first-order valence-corrected chi connectivity index (χ1v) is 8.14. The monoisotopic (exact) mass is 343 g/mol. The van der Waals surface area contributed by atoms with Gasteiger partial charge in [0.25, 0.3) is 5.91 Å². The van der Waals surface area contributed by atoms with Gasteiger partial charge in [-0.2, -0.15) is 5.10 Å². The van der Waals surface area contributed by atoms with Gasteiger partial charge in [0, 0.05) is 18.8 Å². The van der Waals surface area contributed by atoms with Crippen molar-refractivity contribution in [1.29, 1.82) is 0 Å². The maximum absolute atomic E-state index is 12.7. The van der Waals surface area contributed by atoms with Crippen LogP contribution in [-0.2, 0) is 4.79 Å². The number of carboxylic acids is 1. The van der Waals surface area contributed by atoms with Crippen molar-refractivity contribution >= 4 is 11.9 Å². The first kappa shape index (κ1) is 17.0. The van der Waals surface area contributed by atoms with Crippen molar-refractivity contribution in [3.8, 4) is 11.4 Å². The summed E-state index contributed by atoms with van der Waals surface area (Å²) in [5, 5.41) is 13.6. The van der Waals surface area contributed by atoms with E-state index < -0.39 is 11.9 Å². The van der Waals surface area contributed by atoms with Crippen LogP contribution in [0.15, 0.2) is 30.3 Å². The summed E-state index contributed by atoms with van der Waals surface area (Å²) in [6.07, 6.45) is 0. The predicted molar refractivity (Wildman–Crippen MR) is 91.0 cm³/mol. The molecule has 0 spiro atoms. The number of carbonyl (C=O) groups is 2. The molecule has 0 aliphatic carbocycles. The maximum atomic E-state index is 12.7. The summed E-state index contributed by atoms with van der Waals surface area (Å²) in [6.45, 7) is 4.39. The highest BCUT2D eigenvalue weighted by Gasteiger charge is 2.37. The molecule has 0 radical (unpaired) electrons. The van der Waals surface area contributed by atoms with Gasteiger partial charge in [-0.15, -0.1) is 0 Å². The number of amides is 1. The van der Waals surface area contributed by atoms with Gasteiger partial charge >= 0.3 is 5.97 Å². The predicted octanol–water partition coefficient (Wildman–Crippen LogP) is 1.98. The van der Waals surface area contributed by atoms with Crippen molar-refractivity contribution in [2.45, 2.75) is 13.8 Å². The third-order valence-electron chi connectivity index (χ3n) is 4.64. The standard InChI is InChI=1S/C18H21N3O4/c1-11-9-20(10-15(11)18(23)24)17(22)16-8-12(2)21(19-16)13-4-6-14(25-3)7-5-13/h4-8,11,15H,9-10H2,1-3H3,(H,23,24)/t11-,15-/m1/s1. The molecule has 1 aromatic carbocycles. The normalized spacial score (nSPS) is 19.9. The van der Waals surface area contributed by atoms with E-state index in [2.05, 4.69) is 5.10 Å². The van der Waals surface area contributed by atoms with Crippen LogP contribution >= 0.6 is 0 Å². The molecule has 2 heterocycles. The number of hydrogen-bond acceptors (Lipinski definition) is 4. The molecule has 0 unspecified atom stereocenters. The van der Waals surface area contributed by atoms with E-state index in [4.69, 9.17) is 4.74 Å². The third kappa shape index (κ3) is 3.22. The number of ether oxygens (including phenoxy) is 1. The molecule has 1 saturated heterocycles. The molecule has 1 aliphatic rings. The van der Waals surface area contributed by atoms with Crippen LogP contribution in [0.3, 0.4) is 0 Å². The zero-order chi connectivity index (χ0) is 18.1. The molecule has 1 amide bonds. The van der Waals surface area contributed by atoms with Gasteiger partial charge in [0.05, 0.1) is 18.7 Å². The highest BCUT2D eigenvalue weighted by Crippen LogP contribution is 2.25. The lowest BCUT2D eigenvalue weighted by atomic mass is 9.99. The van der Waals surface area contributed by atoms with Crippen LogP contribution < -0.4 is 4.74 Å². The Morgan fingerprint density at radius 1 is 1.24 bits per heavy atom. The molecule has 0 bridgehead atoms. The van der Waals surface area contributed by atoms with E-state index in [-0.39, 0.29) is 18.4 Å². The van der Waals surface area contributed by atoms with Gasteiger partial charge in [0.15, 0.2) is 5.69 Å². The largest absolute Gasteiger partial charge is 0.497 e. The zero-order valence-corrected chi connectivity index (χ0v) is 14.5. The Labute approximate surface area is 145 Å². The van der Waals surface area contributed by atoms with Crippen LogP contribution in [0.1, 0.15) is 23.1 Å². The SMILES string of the molecule is COc1ccc(-n2nc(C(=O)N3C[C@@H](C)[C@H](C(=O)O)C3)cc2C)cc1. The summed E-state index contributed by atoms with van der Waals surface area (Å²) < 4.78 is 6.84. The van der Waals surface area contributed by atoms with Gasteiger partial charge < -0.3 is 14.7 Å². The molecule has 7 heteroatoms. The van der Waals surface area contributed by atoms with Gasteiger partial charge in [0.1, 0.15) is 5.75 Å². The van der Waals surface area contributed by atoms with Crippen LogP contribution in [0.25, 0.3) is 5.69 Å². The Morgan fingerprint density at radius 3 is 2.48 bits per heavy atom.